The van der Waals surface area contributed by atoms with Gasteiger partial charge in [-0.1, -0.05) is 23.9 Å². The molecule has 3 aromatic carbocycles. The molecule has 1 heterocycles. The minimum atomic E-state index is -0.450. The van der Waals surface area contributed by atoms with Crippen molar-refractivity contribution < 1.29 is 19.2 Å². The van der Waals surface area contributed by atoms with Gasteiger partial charge in [0.05, 0.1) is 38.7 Å². The van der Waals surface area contributed by atoms with Gasteiger partial charge < -0.3 is 9.47 Å². The summed E-state index contributed by atoms with van der Waals surface area (Å²) in [6.45, 7) is 0.197. The lowest BCUT2D eigenvalue weighted by Gasteiger charge is -2.13. The number of nitrogens with zero attached hydrogens (tertiary/aromatic N) is 3. The van der Waals surface area contributed by atoms with E-state index in [0.29, 0.717) is 21.5 Å². The maximum atomic E-state index is 12.2. The molecule has 0 saturated carbocycles. The fraction of sp³-hybridized carbons (Fsp3) is 0.125. The Bertz CT molecular complexity index is 1390. The largest absolute Gasteiger partial charge is 0.493 e. The van der Waals surface area contributed by atoms with Crippen molar-refractivity contribution in [2.45, 2.75) is 10.9 Å². The number of fused-ring (bicyclic) bond motifs is 1. The van der Waals surface area contributed by atoms with Crippen molar-refractivity contribution in [3.8, 4) is 11.5 Å². The number of hydrazone groups is 1. The maximum absolute atomic E-state index is 12.2. The highest BCUT2D eigenvalue weighted by Gasteiger charge is 2.13. The summed E-state index contributed by atoms with van der Waals surface area (Å²) < 4.78 is 13.9. The van der Waals surface area contributed by atoms with Crippen molar-refractivity contribution in [3.05, 3.63) is 86.4 Å². The van der Waals surface area contributed by atoms with Crippen molar-refractivity contribution in [1.82, 2.24) is 10.4 Å². The Morgan fingerprint density at radius 3 is 2.75 bits per heavy atom. The second kappa shape index (κ2) is 12.0. The Labute approximate surface area is 222 Å². The molecule has 12 heteroatoms. The van der Waals surface area contributed by atoms with E-state index in [9.17, 15) is 14.9 Å². The Kier molecular flexibility index (Phi) is 8.52. The summed E-state index contributed by atoms with van der Waals surface area (Å²) in [7, 11) is 1.52. The summed E-state index contributed by atoms with van der Waals surface area (Å²) in [6.07, 6.45) is 1.51. The maximum Gasteiger partial charge on any atom is 0.269 e. The molecule has 1 N–H and O–H groups in total. The average Bonchev–Trinajstić information content (AvgIpc) is 3.30. The number of para-hydroxylation sites is 1. The number of carbonyl (C=O) groups excluding carboxylic acids is 1. The van der Waals surface area contributed by atoms with Crippen LogP contribution in [0.15, 0.2) is 74.6 Å². The van der Waals surface area contributed by atoms with Crippen LogP contribution < -0.4 is 14.9 Å². The summed E-state index contributed by atoms with van der Waals surface area (Å²) in [5, 5.41) is 14.8. The lowest BCUT2D eigenvalue weighted by molar-refractivity contribution is -0.384. The van der Waals surface area contributed by atoms with Crippen molar-refractivity contribution in [2.75, 3.05) is 12.9 Å². The van der Waals surface area contributed by atoms with E-state index in [1.807, 2.05) is 24.3 Å². The molecular formula is C24H19BrN4O5S2. The molecule has 0 spiro atoms. The molecule has 0 aliphatic carbocycles. The van der Waals surface area contributed by atoms with E-state index in [1.54, 1.807) is 35.6 Å². The Morgan fingerprint density at radius 2 is 2.03 bits per heavy atom. The molecule has 4 aromatic rings. The predicted octanol–water partition coefficient (Wildman–Crippen LogP) is 5.80. The third-order valence-electron chi connectivity index (χ3n) is 4.79. The minimum absolute atomic E-state index is 0.0172. The normalized spacial score (nSPS) is 11.1. The highest BCUT2D eigenvalue weighted by atomic mass is 79.9. The zero-order valence-corrected chi connectivity index (χ0v) is 22.1. The van der Waals surface area contributed by atoms with Crippen LogP contribution in [0.2, 0.25) is 0 Å². The molecule has 184 valence electrons. The Balaban J connectivity index is 1.32. The molecule has 0 bridgehead atoms. The number of rotatable bonds is 10. The molecule has 0 fully saturated rings. The quantitative estimate of drug-likeness (QED) is 0.108. The van der Waals surface area contributed by atoms with Crippen LogP contribution in [-0.4, -0.2) is 34.9 Å². The molecule has 36 heavy (non-hydrogen) atoms. The van der Waals surface area contributed by atoms with Crippen LogP contribution in [0.3, 0.4) is 0 Å². The topological polar surface area (TPSA) is 116 Å². The highest BCUT2D eigenvalue weighted by molar-refractivity contribution is 9.10. The number of hydrogen-bond donors (Lipinski definition) is 1. The number of aromatic nitrogens is 1. The van der Waals surface area contributed by atoms with E-state index in [1.165, 1.54) is 37.2 Å². The summed E-state index contributed by atoms with van der Waals surface area (Å²) >= 11 is 6.38. The third-order valence-corrected chi connectivity index (χ3v) is 7.55. The second-order valence-corrected chi connectivity index (χ2v) is 10.4. The summed E-state index contributed by atoms with van der Waals surface area (Å²) in [5.74, 6) is 0.888. The number of hydrogen-bond acceptors (Lipinski definition) is 9. The first-order chi connectivity index (χ1) is 17.4. The van der Waals surface area contributed by atoms with E-state index in [0.717, 1.165) is 20.1 Å². The molecule has 0 aliphatic heterocycles. The zero-order chi connectivity index (χ0) is 25.5. The van der Waals surface area contributed by atoms with Crippen molar-refractivity contribution in [3.63, 3.8) is 0 Å². The first-order valence-electron chi connectivity index (χ1n) is 10.5. The molecule has 0 radical (unpaired) electrons. The van der Waals surface area contributed by atoms with Crippen LogP contribution in [0.25, 0.3) is 10.2 Å². The van der Waals surface area contributed by atoms with Crippen LogP contribution >= 0.6 is 39.0 Å². The SMILES string of the molecule is COc1cc(/C=N\NC(=O)CSc2nc3ccccc3s2)cc(Br)c1OCc1ccc([N+](=O)[O-])cc1. The first kappa shape index (κ1) is 25.6. The number of amides is 1. The van der Waals surface area contributed by atoms with Crippen LogP contribution in [0, 0.1) is 10.1 Å². The van der Waals surface area contributed by atoms with Crippen LogP contribution in [0.1, 0.15) is 11.1 Å². The van der Waals surface area contributed by atoms with Crippen molar-refractivity contribution in [1.29, 1.82) is 0 Å². The standard InChI is InChI=1S/C24H19BrN4O5S2/c1-33-20-11-16(10-18(25)23(20)34-13-15-6-8-17(9-7-15)29(31)32)12-26-28-22(30)14-35-24-27-19-4-2-3-5-21(19)36-24/h2-12H,13-14H2,1H3,(H,28,30)/b26-12-. The van der Waals surface area contributed by atoms with E-state index < -0.39 is 4.92 Å². The van der Waals surface area contributed by atoms with Gasteiger partial charge in [-0.05, 0) is 63.5 Å². The number of nitro groups is 1. The fourth-order valence-electron chi connectivity index (χ4n) is 3.07. The summed E-state index contributed by atoms with van der Waals surface area (Å²) in [6, 6.07) is 17.5. The number of nitrogens with one attached hydrogen (secondary N) is 1. The molecule has 9 nitrogen and oxygen atoms in total. The van der Waals surface area contributed by atoms with Crippen LogP contribution in [0.5, 0.6) is 11.5 Å². The first-order valence-corrected chi connectivity index (χ1v) is 13.1. The predicted molar refractivity (Wildman–Crippen MR) is 144 cm³/mol. The molecule has 4 rings (SSSR count). The van der Waals surface area contributed by atoms with Gasteiger partial charge >= 0.3 is 0 Å². The Morgan fingerprint density at radius 1 is 1.25 bits per heavy atom. The number of halogens is 1. The smallest absolute Gasteiger partial charge is 0.269 e. The van der Waals surface area contributed by atoms with E-state index in [2.05, 4.69) is 31.4 Å². The number of methoxy groups -OCH3 is 1. The number of thioether (sulfide) groups is 1. The number of carbonyl (C=O) groups is 1. The number of benzene rings is 3. The third kappa shape index (κ3) is 6.59. The molecule has 0 aliphatic rings. The second-order valence-electron chi connectivity index (χ2n) is 7.28. The number of ether oxygens (including phenoxy) is 2. The highest BCUT2D eigenvalue weighted by Crippen LogP contribution is 2.37. The number of non-ortho nitro benzene ring substituents is 1. The van der Waals surface area contributed by atoms with Gasteiger partial charge in [0.25, 0.3) is 11.6 Å². The van der Waals surface area contributed by atoms with Gasteiger partial charge in [-0.25, -0.2) is 10.4 Å². The van der Waals surface area contributed by atoms with Gasteiger partial charge in [-0.3, -0.25) is 14.9 Å². The van der Waals surface area contributed by atoms with Crippen molar-refractivity contribution >= 4 is 67.1 Å². The fourth-order valence-corrected chi connectivity index (χ4v) is 5.51. The van der Waals surface area contributed by atoms with E-state index in [4.69, 9.17) is 9.47 Å². The van der Waals surface area contributed by atoms with Gasteiger partial charge in [0.2, 0.25) is 0 Å². The molecular weight excluding hydrogens is 568 g/mol. The zero-order valence-electron chi connectivity index (χ0n) is 18.8. The number of thiazole rings is 1. The lowest BCUT2D eigenvalue weighted by atomic mass is 10.2. The van der Waals surface area contributed by atoms with Crippen LogP contribution in [-0.2, 0) is 11.4 Å². The molecule has 1 aromatic heterocycles. The summed E-state index contributed by atoms with van der Waals surface area (Å²) in [5.41, 5.74) is 4.90. The lowest BCUT2D eigenvalue weighted by Crippen LogP contribution is -2.19. The molecule has 0 atom stereocenters. The van der Waals surface area contributed by atoms with Gasteiger partial charge in [0.1, 0.15) is 6.61 Å². The monoisotopic (exact) mass is 586 g/mol. The van der Waals surface area contributed by atoms with Crippen molar-refractivity contribution in [2.24, 2.45) is 5.10 Å². The molecule has 1 amide bonds. The minimum Gasteiger partial charge on any atom is -0.493 e. The van der Waals surface area contributed by atoms with Gasteiger partial charge in [-0.15, -0.1) is 11.3 Å². The Hall–Kier alpha value is -3.48. The average molecular weight is 587 g/mol. The van der Waals surface area contributed by atoms with E-state index in [-0.39, 0.29) is 24.0 Å². The van der Waals surface area contributed by atoms with Gasteiger partial charge in [-0.2, -0.15) is 5.10 Å². The molecule has 0 saturated heterocycles. The number of nitro benzene ring substituents is 1. The summed E-state index contributed by atoms with van der Waals surface area (Å²) in [4.78, 5) is 27.0. The molecule has 0 unspecified atom stereocenters. The van der Waals surface area contributed by atoms with Gasteiger partial charge in [0.15, 0.2) is 15.8 Å². The van der Waals surface area contributed by atoms with Gasteiger partial charge in [0, 0.05) is 12.1 Å². The van der Waals surface area contributed by atoms with Crippen LogP contribution in [0.4, 0.5) is 5.69 Å². The van der Waals surface area contributed by atoms with E-state index >= 15 is 0 Å².